The van der Waals surface area contributed by atoms with Gasteiger partial charge in [-0.05, 0) is 36.4 Å². The summed E-state index contributed by atoms with van der Waals surface area (Å²) in [5.41, 5.74) is 1.66. The molecule has 9 nitrogen and oxygen atoms in total. The molecule has 162 valence electrons. The number of hydrogen-bond acceptors (Lipinski definition) is 5. The lowest BCUT2D eigenvalue weighted by molar-refractivity contribution is 0.0536. The summed E-state index contributed by atoms with van der Waals surface area (Å²) in [6.45, 7) is 1.65. The largest absolute Gasteiger partial charge is 0.497 e. The summed E-state index contributed by atoms with van der Waals surface area (Å²) < 4.78 is 6.71. The number of nitrogens with zero attached hydrogens (tertiary/aromatic N) is 4. The highest BCUT2D eigenvalue weighted by molar-refractivity contribution is 6.01. The van der Waals surface area contributed by atoms with Gasteiger partial charge in [0.2, 0.25) is 0 Å². The zero-order chi connectivity index (χ0) is 22.2. The molecule has 1 fully saturated rings. The van der Waals surface area contributed by atoms with E-state index in [4.69, 9.17) is 4.74 Å². The van der Waals surface area contributed by atoms with Gasteiger partial charge in [0.25, 0.3) is 17.4 Å². The van der Waals surface area contributed by atoms with Crippen molar-refractivity contribution in [3.8, 4) is 5.75 Å². The monoisotopic (exact) mass is 431 g/mol. The van der Waals surface area contributed by atoms with Crippen LogP contribution in [0.1, 0.15) is 20.7 Å². The second-order valence-corrected chi connectivity index (χ2v) is 7.60. The van der Waals surface area contributed by atoms with Crippen LogP contribution in [-0.2, 0) is 0 Å². The molecule has 2 aromatic heterocycles. The molecule has 1 saturated heterocycles. The van der Waals surface area contributed by atoms with E-state index in [0.717, 1.165) is 0 Å². The van der Waals surface area contributed by atoms with Gasteiger partial charge in [-0.25, -0.2) is 4.52 Å². The second kappa shape index (κ2) is 7.84. The van der Waals surface area contributed by atoms with E-state index in [0.29, 0.717) is 59.6 Å². The fourth-order valence-electron chi connectivity index (χ4n) is 4.03. The SMILES string of the molecule is COc1ccc(C(=O)N2CCN(C(=O)c3cnn4c3[nH]c(=O)c3ccccc34)CC2)cc1. The normalized spacial score (nSPS) is 14.2. The number of methoxy groups -OCH3 is 1. The Labute approximate surface area is 182 Å². The molecule has 1 N–H and O–H groups in total. The zero-order valence-electron chi connectivity index (χ0n) is 17.4. The fourth-order valence-corrected chi connectivity index (χ4v) is 4.03. The number of carbonyl (C=O) groups excluding carboxylic acids is 2. The van der Waals surface area contributed by atoms with Gasteiger partial charge in [0, 0.05) is 31.7 Å². The Kier molecular flexibility index (Phi) is 4.85. The number of piperazine rings is 1. The standard InChI is InChI=1S/C23H21N5O4/c1-32-16-8-6-15(7-9-16)22(30)26-10-12-27(13-11-26)23(31)18-14-24-28-19-5-3-2-4-17(19)21(29)25-20(18)28/h2-9,14H,10-13H2,1H3,(H,25,29). The maximum absolute atomic E-state index is 13.2. The number of ether oxygens (including phenoxy) is 1. The third kappa shape index (κ3) is 3.27. The highest BCUT2D eigenvalue weighted by atomic mass is 16.5. The molecule has 1 aliphatic heterocycles. The third-order valence-corrected chi connectivity index (χ3v) is 5.80. The van der Waals surface area contributed by atoms with Crippen LogP contribution in [-0.4, -0.2) is 69.5 Å². The average molecular weight is 431 g/mol. The lowest BCUT2D eigenvalue weighted by Gasteiger charge is -2.34. The quantitative estimate of drug-likeness (QED) is 0.533. The third-order valence-electron chi connectivity index (χ3n) is 5.80. The van der Waals surface area contributed by atoms with E-state index in [1.165, 1.54) is 6.20 Å². The second-order valence-electron chi connectivity index (χ2n) is 7.60. The van der Waals surface area contributed by atoms with Gasteiger partial charge in [0.05, 0.1) is 24.2 Å². The van der Waals surface area contributed by atoms with Crippen molar-refractivity contribution in [3.63, 3.8) is 0 Å². The van der Waals surface area contributed by atoms with Crippen molar-refractivity contribution in [2.75, 3.05) is 33.3 Å². The minimum Gasteiger partial charge on any atom is -0.497 e. The summed E-state index contributed by atoms with van der Waals surface area (Å²) in [5.74, 6) is 0.394. The van der Waals surface area contributed by atoms with E-state index >= 15 is 0 Å². The van der Waals surface area contributed by atoms with Crippen LogP contribution in [0.3, 0.4) is 0 Å². The smallest absolute Gasteiger partial charge is 0.259 e. The van der Waals surface area contributed by atoms with Crippen LogP contribution in [0.5, 0.6) is 5.75 Å². The van der Waals surface area contributed by atoms with Gasteiger partial charge in [0.1, 0.15) is 17.0 Å². The summed E-state index contributed by atoms with van der Waals surface area (Å²) in [6.07, 6.45) is 1.48. The van der Waals surface area contributed by atoms with E-state index in [1.807, 2.05) is 6.07 Å². The Morgan fingerprint density at radius 3 is 2.28 bits per heavy atom. The van der Waals surface area contributed by atoms with Gasteiger partial charge in [-0.2, -0.15) is 5.10 Å². The first-order valence-electron chi connectivity index (χ1n) is 10.3. The topological polar surface area (TPSA) is 100 Å². The van der Waals surface area contributed by atoms with Crippen molar-refractivity contribution in [1.82, 2.24) is 24.4 Å². The predicted molar refractivity (Wildman–Crippen MR) is 118 cm³/mol. The molecule has 1 aliphatic rings. The zero-order valence-corrected chi connectivity index (χ0v) is 17.4. The van der Waals surface area contributed by atoms with Crippen LogP contribution in [0, 0.1) is 0 Å². The van der Waals surface area contributed by atoms with Crippen molar-refractivity contribution in [2.45, 2.75) is 0 Å². The molecule has 0 unspecified atom stereocenters. The van der Waals surface area contributed by atoms with Crippen LogP contribution in [0.4, 0.5) is 0 Å². The Hall–Kier alpha value is -4.14. The Morgan fingerprint density at radius 2 is 1.59 bits per heavy atom. The van der Waals surface area contributed by atoms with Crippen molar-refractivity contribution < 1.29 is 14.3 Å². The molecule has 0 radical (unpaired) electrons. The highest BCUT2D eigenvalue weighted by Crippen LogP contribution is 2.18. The lowest BCUT2D eigenvalue weighted by Crippen LogP contribution is -2.50. The summed E-state index contributed by atoms with van der Waals surface area (Å²) in [7, 11) is 1.58. The Balaban J connectivity index is 1.34. The number of H-pyrrole nitrogens is 1. The molecule has 0 saturated carbocycles. The number of fused-ring (bicyclic) bond motifs is 3. The molecule has 32 heavy (non-hydrogen) atoms. The molecule has 0 spiro atoms. The van der Waals surface area contributed by atoms with E-state index in [2.05, 4.69) is 10.1 Å². The van der Waals surface area contributed by atoms with E-state index in [-0.39, 0.29) is 17.4 Å². The van der Waals surface area contributed by atoms with Gasteiger partial charge >= 0.3 is 0 Å². The molecule has 5 rings (SSSR count). The number of rotatable bonds is 3. The average Bonchev–Trinajstić information content (AvgIpc) is 3.27. The Bertz CT molecular complexity index is 1380. The summed E-state index contributed by atoms with van der Waals surface area (Å²) in [5, 5.41) is 4.83. The van der Waals surface area contributed by atoms with Crippen molar-refractivity contribution in [3.05, 3.63) is 76.2 Å². The summed E-state index contributed by atoms with van der Waals surface area (Å²) in [6, 6.07) is 14.1. The molecular formula is C23H21N5O4. The number of para-hydroxylation sites is 1. The van der Waals surface area contributed by atoms with E-state index < -0.39 is 0 Å². The van der Waals surface area contributed by atoms with E-state index in [9.17, 15) is 14.4 Å². The molecule has 0 aliphatic carbocycles. The van der Waals surface area contributed by atoms with Gasteiger partial charge in [-0.3, -0.25) is 14.4 Å². The van der Waals surface area contributed by atoms with Crippen LogP contribution < -0.4 is 10.3 Å². The predicted octanol–water partition coefficient (Wildman–Crippen LogP) is 1.78. The molecule has 0 bridgehead atoms. The molecule has 0 atom stereocenters. The minimum atomic E-state index is -0.266. The molecule has 2 amide bonds. The van der Waals surface area contributed by atoms with Crippen molar-refractivity contribution in [1.29, 1.82) is 0 Å². The Morgan fingerprint density at radius 1 is 0.938 bits per heavy atom. The van der Waals surface area contributed by atoms with Crippen molar-refractivity contribution in [2.24, 2.45) is 0 Å². The number of carbonyl (C=O) groups is 2. The number of amides is 2. The number of aromatic amines is 1. The molecule has 3 heterocycles. The molecule has 2 aromatic carbocycles. The van der Waals surface area contributed by atoms with Crippen LogP contribution in [0.2, 0.25) is 0 Å². The van der Waals surface area contributed by atoms with Gasteiger partial charge < -0.3 is 19.5 Å². The van der Waals surface area contributed by atoms with Crippen LogP contribution in [0.15, 0.2) is 59.5 Å². The number of nitrogens with one attached hydrogen (secondary N) is 1. The minimum absolute atomic E-state index is 0.0773. The lowest BCUT2D eigenvalue weighted by atomic mass is 10.1. The molecule has 4 aromatic rings. The maximum Gasteiger partial charge on any atom is 0.259 e. The first-order chi connectivity index (χ1) is 15.6. The van der Waals surface area contributed by atoms with Crippen LogP contribution >= 0.6 is 0 Å². The van der Waals surface area contributed by atoms with Gasteiger partial charge in [0.15, 0.2) is 0 Å². The molecule has 9 heteroatoms. The van der Waals surface area contributed by atoms with Crippen LogP contribution in [0.25, 0.3) is 16.6 Å². The highest BCUT2D eigenvalue weighted by Gasteiger charge is 2.27. The summed E-state index contributed by atoms with van der Waals surface area (Å²) in [4.78, 5) is 44.6. The molecular weight excluding hydrogens is 410 g/mol. The maximum atomic E-state index is 13.2. The van der Waals surface area contributed by atoms with Gasteiger partial charge in [-0.15, -0.1) is 0 Å². The fraction of sp³-hybridized carbons (Fsp3) is 0.217. The summed E-state index contributed by atoms with van der Waals surface area (Å²) >= 11 is 0. The van der Waals surface area contributed by atoms with E-state index in [1.54, 1.807) is 63.9 Å². The number of benzene rings is 2. The first-order valence-corrected chi connectivity index (χ1v) is 10.3. The van der Waals surface area contributed by atoms with Gasteiger partial charge in [-0.1, -0.05) is 12.1 Å². The van der Waals surface area contributed by atoms with Crippen molar-refractivity contribution >= 4 is 28.4 Å². The first kappa shape index (κ1) is 19.8. The number of aromatic nitrogens is 3. The number of hydrogen-bond donors (Lipinski definition) is 1.